The van der Waals surface area contributed by atoms with E-state index in [1.165, 1.54) is 0 Å². The van der Waals surface area contributed by atoms with Gasteiger partial charge >= 0.3 is 5.97 Å². The first-order valence-corrected chi connectivity index (χ1v) is 8.80. The van der Waals surface area contributed by atoms with E-state index in [9.17, 15) is 14.4 Å². The molecule has 6 nitrogen and oxygen atoms in total. The van der Waals surface area contributed by atoms with Crippen molar-refractivity contribution in [2.75, 3.05) is 19.8 Å². The molecule has 0 heterocycles. The van der Waals surface area contributed by atoms with Crippen molar-refractivity contribution in [1.82, 2.24) is 5.32 Å². The molecule has 0 fully saturated rings. The van der Waals surface area contributed by atoms with Crippen molar-refractivity contribution in [3.63, 3.8) is 0 Å². The van der Waals surface area contributed by atoms with Crippen LogP contribution in [0.25, 0.3) is 0 Å². The molecule has 6 heteroatoms. The minimum Gasteiger partial charge on any atom is -0.482 e. The quantitative estimate of drug-likeness (QED) is 0.514. The first-order valence-electron chi connectivity index (χ1n) is 8.80. The van der Waals surface area contributed by atoms with Crippen LogP contribution in [0.1, 0.15) is 29.3 Å². The van der Waals surface area contributed by atoms with E-state index in [0.717, 1.165) is 5.56 Å². The lowest BCUT2D eigenvalue weighted by Gasteiger charge is -2.08. The summed E-state index contributed by atoms with van der Waals surface area (Å²) in [5.74, 6) is -0.505. The maximum absolute atomic E-state index is 11.7. The van der Waals surface area contributed by atoms with Crippen LogP contribution < -0.4 is 10.1 Å². The number of hydrogen-bond acceptors (Lipinski definition) is 5. The van der Waals surface area contributed by atoms with Crippen molar-refractivity contribution in [2.45, 2.75) is 19.8 Å². The van der Waals surface area contributed by atoms with Gasteiger partial charge in [0, 0.05) is 18.5 Å². The van der Waals surface area contributed by atoms with E-state index in [4.69, 9.17) is 9.47 Å². The normalized spacial score (nSPS) is 10.1. The average Bonchev–Trinajstić information content (AvgIpc) is 2.71. The minimum absolute atomic E-state index is 0.0410. The Kier molecular flexibility index (Phi) is 8.03. The summed E-state index contributed by atoms with van der Waals surface area (Å²) in [6, 6.07) is 16.3. The predicted octanol–water partition coefficient (Wildman–Crippen LogP) is 2.56. The number of Topliss-reactive ketones (excluding diaryl/α,β-unsaturated/α-hetero) is 1. The Hall–Kier alpha value is -3.15. The van der Waals surface area contributed by atoms with Crippen molar-refractivity contribution in [3.05, 3.63) is 65.7 Å². The molecule has 2 aromatic rings. The van der Waals surface area contributed by atoms with E-state index < -0.39 is 5.97 Å². The average molecular weight is 369 g/mol. The van der Waals surface area contributed by atoms with Crippen LogP contribution in [0.15, 0.2) is 54.6 Å². The molecule has 0 saturated carbocycles. The fraction of sp³-hybridized carbons (Fsp3) is 0.286. The Morgan fingerprint density at radius 3 is 2.30 bits per heavy atom. The zero-order chi connectivity index (χ0) is 19.5. The summed E-state index contributed by atoms with van der Waals surface area (Å²) in [4.78, 5) is 34.9. The summed E-state index contributed by atoms with van der Waals surface area (Å²) in [6.07, 6.45) is 1.14. The molecule has 0 saturated heterocycles. The zero-order valence-electron chi connectivity index (χ0n) is 15.3. The number of benzene rings is 2. The molecule has 0 aromatic heterocycles. The van der Waals surface area contributed by atoms with E-state index >= 15 is 0 Å². The van der Waals surface area contributed by atoms with E-state index in [1.54, 1.807) is 31.2 Å². The molecule has 1 amide bonds. The summed E-state index contributed by atoms with van der Waals surface area (Å²) >= 11 is 0. The van der Waals surface area contributed by atoms with Gasteiger partial charge in [-0.25, -0.2) is 4.79 Å². The summed E-state index contributed by atoms with van der Waals surface area (Å²) in [5, 5.41) is 2.69. The Morgan fingerprint density at radius 2 is 1.63 bits per heavy atom. The highest BCUT2D eigenvalue weighted by molar-refractivity contribution is 5.95. The Morgan fingerprint density at radius 1 is 0.926 bits per heavy atom. The molecule has 142 valence electrons. The molecule has 0 bridgehead atoms. The fourth-order valence-corrected chi connectivity index (χ4v) is 2.31. The van der Waals surface area contributed by atoms with Crippen molar-refractivity contribution in [2.24, 2.45) is 0 Å². The number of nitrogens with one attached hydrogen (secondary N) is 1. The second kappa shape index (κ2) is 10.8. The highest BCUT2D eigenvalue weighted by Gasteiger charge is 2.09. The molecule has 0 aliphatic heterocycles. The van der Waals surface area contributed by atoms with Gasteiger partial charge in [0.05, 0.1) is 0 Å². The van der Waals surface area contributed by atoms with Crippen LogP contribution in [-0.2, 0) is 20.7 Å². The third-order valence-corrected chi connectivity index (χ3v) is 3.80. The second-order valence-electron chi connectivity index (χ2n) is 5.84. The largest absolute Gasteiger partial charge is 0.482 e. The fourth-order valence-electron chi connectivity index (χ4n) is 2.31. The molecule has 0 spiro atoms. The molecule has 2 rings (SSSR count). The number of esters is 1. The van der Waals surface area contributed by atoms with Gasteiger partial charge in [0.2, 0.25) is 0 Å². The second-order valence-corrected chi connectivity index (χ2v) is 5.84. The van der Waals surface area contributed by atoms with Crippen molar-refractivity contribution in [1.29, 1.82) is 0 Å². The van der Waals surface area contributed by atoms with E-state index in [-0.39, 0.29) is 24.9 Å². The van der Waals surface area contributed by atoms with Gasteiger partial charge in [-0.2, -0.15) is 0 Å². The number of ether oxygens (including phenoxy) is 2. The Labute approximate surface area is 158 Å². The summed E-state index contributed by atoms with van der Waals surface area (Å²) < 4.78 is 10.2. The SMILES string of the molecule is CCC(=O)c1ccc(OCC(=O)OCC(=O)NCCc2ccccc2)cc1. The van der Waals surface area contributed by atoms with E-state index in [2.05, 4.69) is 5.32 Å². The summed E-state index contributed by atoms with van der Waals surface area (Å²) in [6.45, 7) is 1.61. The first kappa shape index (κ1) is 20.2. The third-order valence-electron chi connectivity index (χ3n) is 3.80. The van der Waals surface area contributed by atoms with Crippen LogP contribution in [-0.4, -0.2) is 37.4 Å². The number of amides is 1. The molecule has 0 aliphatic carbocycles. The summed E-state index contributed by atoms with van der Waals surface area (Å²) in [7, 11) is 0. The molecule has 27 heavy (non-hydrogen) atoms. The van der Waals surface area contributed by atoms with Crippen molar-refractivity contribution in [3.8, 4) is 5.75 Å². The minimum atomic E-state index is -0.637. The van der Waals surface area contributed by atoms with E-state index in [0.29, 0.717) is 30.7 Å². The van der Waals surface area contributed by atoms with Gasteiger partial charge in [0.25, 0.3) is 5.91 Å². The van der Waals surface area contributed by atoms with Crippen LogP contribution in [0.5, 0.6) is 5.75 Å². The molecule has 2 aromatic carbocycles. The highest BCUT2D eigenvalue weighted by atomic mass is 16.6. The smallest absolute Gasteiger partial charge is 0.344 e. The van der Waals surface area contributed by atoms with E-state index in [1.807, 2.05) is 30.3 Å². The molecule has 1 N–H and O–H groups in total. The van der Waals surface area contributed by atoms with Gasteiger partial charge in [-0.3, -0.25) is 9.59 Å². The van der Waals surface area contributed by atoms with Crippen LogP contribution in [0.2, 0.25) is 0 Å². The van der Waals surface area contributed by atoms with Gasteiger partial charge in [-0.1, -0.05) is 37.3 Å². The first-order chi connectivity index (χ1) is 13.1. The number of ketones is 1. The van der Waals surface area contributed by atoms with Gasteiger partial charge < -0.3 is 14.8 Å². The van der Waals surface area contributed by atoms with Crippen LogP contribution in [0.3, 0.4) is 0 Å². The molecular formula is C21H23NO5. The highest BCUT2D eigenvalue weighted by Crippen LogP contribution is 2.13. The zero-order valence-corrected chi connectivity index (χ0v) is 15.3. The lowest BCUT2D eigenvalue weighted by atomic mass is 10.1. The van der Waals surface area contributed by atoms with Crippen molar-refractivity contribution >= 4 is 17.7 Å². The lowest BCUT2D eigenvalue weighted by Crippen LogP contribution is -2.31. The monoisotopic (exact) mass is 369 g/mol. The number of rotatable bonds is 10. The van der Waals surface area contributed by atoms with Gasteiger partial charge in [-0.15, -0.1) is 0 Å². The number of carbonyl (C=O) groups is 3. The van der Waals surface area contributed by atoms with Crippen LogP contribution >= 0.6 is 0 Å². The van der Waals surface area contributed by atoms with Crippen LogP contribution in [0, 0.1) is 0 Å². The standard InChI is InChI=1S/C21H23NO5/c1-2-19(23)17-8-10-18(11-9-17)26-15-21(25)27-14-20(24)22-13-12-16-6-4-3-5-7-16/h3-11H,2,12-15H2,1H3,(H,22,24). The maximum atomic E-state index is 11.7. The number of hydrogen-bond donors (Lipinski definition) is 1. The van der Waals surface area contributed by atoms with Crippen LogP contribution in [0.4, 0.5) is 0 Å². The Balaban J connectivity index is 1.62. The summed E-state index contributed by atoms with van der Waals surface area (Å²) in [5.41, 5.74) is 1.72. The number of carbonyl (C=O) groups excluding carboxylic acids is 3. The molecule has 0 aliphatic rings. The van der Waals surface area contributed by atoms with Gasteiger partial charge in [-0.05, 0) is 36.2 Å². The lowest BCUT2D eigenvalue weighted by molar-refractivity contribution is -0.150. The molecular weight excluding hydrogens is 346 g/mol. The van der Waals surface area contributed by atoms with Crippen molar-refractivity contribution < 1.29 is 23.9 Å². The predicted molar refractivity (Wildman–Crippen MR) is 101 cm³/mol. The van der Waals surface area contributed by atoms with Gasteiger partial charge in [0.15, 0.2) is 19.0 Å². The Bertz CT molecular complexity index is 756. The third kappa shape index (κ3) is 7.32. The molecule has 0 unspecified atom stereocenters. The maximum Gasteiger partial charge on any atom is 0.344 e. The molecule has 0 radical (unpaired) electrons. The topological polar surface area (TPSA) is 81.7 Å². The van der Waals surface area contributed by atoms with Gasteiger partial charge in [0.1, 0.15) is 5.75 Å². The molecule has 0 atom stereocenters.